The zero-order chi connectivity index (χ0) is 26.1. The van der Waals surface area contributed by atoms with Gasteiger partial charge in [-0.2, -0.15) is 0 Å². The number of rotatable bonds is 8. The van der Waals surface area contributed by atoms with E-state index < -0.39 is 23.6 Å². The molecule has 0 aliphatic heterocycles. The van der Waals surface area contributed by atoms with Gasteiger partial charge in [0.1, 0.15) is 11.5 Å². The Kier molecular flexibility index (Phi) is 8.44. The molecule has 1 heterocycles. The molecule has 0 radical (unpaired) electrons. The highest BCUT2D eigenvalue weighted by molar-refractivity contribution is 6.07. The number of nitrogens with zero attached hydrogens (tertiary/aromatic N) is 2. The first-order valence-electron chi connectivity index (χ1n) is 10.4. The number of nitrogens with two attached hydrogens (primary N) is 1. The Bertz CT molecular complexity index is 1330. The van der Waals surface area contributed by atoms with Crippen LogP contribution in [0.5, 0.6) is 11.5 Å². The predicted molar refractivity (Wildman–Crippen MR) is 130 cm³/mol. The normalized spacial score (nSPS) is 11.1. The summed E-state index contributed by atoms with van der Waals surface area (Å²) in [6.07, 6.45) is 5.65. The zero-order valence-corrected chi connectivity index (χ0v) is 18.9. The highest BCUT2D eigenvalue weighted by Gasteiger charge is 2.15. The summed E-state index contributed by atoms with van der Waals surface area (Å²) in [4.78, 5) is 40.8. The number of benzene rings is 2. The minimum Gasteiger partial charge on any atom is -0.452 e. The summed E-state index contributed by atoms with van der Waals surface area (Å²) >= 11 is 0. The second kappa shape index (κ2) is 11.9. The maximum absolute atomic E-state index is 14.6. The van der Waals surface area contributed by atoms with Crippen molar-refractivity contribution in [3.05, 3.63) is 96.1 Å². The lowest BCUT2D eigenvalue weighted by Crippen LogP contribution is -2.37. The van der Waals surface area contributed by atoms with Crippen molar-refractivity contribution in [1.82, 2.24) is 10.3 Å². The van der Waals surface area contributed by atoms with Gasteiger partial charge < -0.3 is 21.1 Å². The van der Waals surface area contributed by atoms with Gasteiger partial charge in [0.25, 0.3) is 5.91 Å². The van der Waals surface area contributed by atoms with Crippen molar-refractivity contribution >= 4 is 35.8 Å². The summed E-state index contributed by atoms with van der Waals surface area (Å²) in [6.45, 7) is 1.40. The molecule has 0 bridgehead atoms. The molecule has 3 rings (SSSR count). The molecule has 0 saturated heterocycles. The molecule has 0 fully saturated rings. The topological polar surface area (TPSA) is 127 Å². The minimum atomic E-state index is -0.865. The summed E-state index contributed by atoms with van der Waals surface area (Å²) in [7, 11) is 0. The number of urea groups is 1. The molecule has 0 saturated carbocycles. The highest BCUT2D eigenvalue weighted by Crippen LogP contribution is 2.29. The number of imide groups is 1. The first kappa shape index (κ1) is 25.6. The summed E-state index contributed by atoms with van der Waals surface area (Å²) < 4.78 is 33.2. The summed E-state index contributed by atoms with van der Waals surface area (Å²) in [5.41, 5.74) is 6.12. The number of anilines is 2. The van der Waals surface area contributed by atoms with E-state index in [1.54, 1.807) is 12.1 Å². The summed E-state index contributed by atoms with van der Waals surface area (Å²) in [5, 5.41) is 4.79. The van der Waals surface area contributed by atoms with Gasteiger partial charge in [0.2, 0.25) is 6.41 Å². The molecule has 3 aromatic rings. The lowest BCUT2D eigenvalue weighted by molar-refractivity contribution is -0.112. The van der Waals surface area contributed by atoms with E-state index in [1.807, 2.05) is 0 Å². The largest absolute Gasteiger partial charge is 0.452 e. The molecular weight excluding hydrogens is 472 g/mol. The standard InChI is InChI=1S/C25H21F2N5O4/c1-16(14-30-25(35)32(15-33)19-7-4-17(26)5-8-19)24(34)31-18-6-9-22(20(27)13-18)36-23-3-2-12-29-21(23)10-11-28/h2-15H,28H2,1H3,(H,30,35)(H,31,34)/b11-10?,16-14+. The number of pyridine rings is 1. The van der Waals surface area contributed by atoms with Crippen LogP contribution in [-0.2, 0) is 9.59 Å². The van der Waals surface area contributed by atoms with Crippen molar-refractivity contribution in [3.8, 4) is 11.5 Å². The first-order chi connectivity index (χ1) is 17.3. The van der Waals surface area contributed by atoms with Gasteiger partial charge in [-0.05, 0) is 67.7 Å². The van der Waals surface area contributed by atoms with E-state index >= 15 is 0 Å². The van der Waals surface area contributed by atoms with Crippen molar-refractivity contribution < 1.29 is 27.9 Å². The van der Waals surface area contributed by atoms with Crippen LogP contribution < -0.4 is 26.0 Å². The van der Waals surface area contributed by atoms with Gasteiger partial charge in [-0.25, -0.2) is 18.5 Å². The number of carbonyl (C=O) groups is 3. The van der Waals surface area contributed by atoms with Crippen LogP contribution in [0.15, 0.2) is 78.8 Å². The average molecular weight is 493 g/mol. The van der Waals surface area contributed by atoms with Crippen LogP contribution in [-0.4, -0.2) is 23.3 Å². The van der Waals surface area contributed by atoms with Gasteiger partial charge >= 0.3 is 6.03 Å². The molecular formula is C25H21F2N5O4. The van der Waals surface area contributed by atoms with Gasteiger partial charge in [-0.3, -0.25) is 14.6 Å². The SMILES string of the molecule is C/C(=C\NC(=O)N(C=O)c1ccc(F)cc1)C(=O)Nc1ccc(Oc2cccnc2C=CN)c(F)c1. The highest BCUT2D eigenvalue weighted by atomic mass is 19.1. The Hall–Kier alpha value is -5.06. The van der Waals surface area contributed by atoms with Gasteiger partial charge in [-0.15, -0.1) is 0 Å². The molecule has 11 heteroatoms. The van der Waals surface area contributed by atoms with E-state index in [9.17, 15) is 23.2 Å². The number of hydrogen-bond acceptors (Lipinski definition) is 6. The Morgan fingerprint density at radius 1 is 1.08 bits per heavy atom. The Morgan fingerprint density at radius 2 is 1.83 bits per heavy atom. The molecule has 0 spiro atoms. The van der Waals surface area contributed by atoms with Crippen molar-refractivity contribution in [2.24, 2.45) is 5.73 Å². The number of amides is 4. The van der Waals surface area contributed by atoms with Crippen molar-refractivity contribution in [1.29, 1.82) is 0 Å². The number of aromatic nitrogens is 1. The number of ether oxygens (including phenoxy) is 1. The average Bonchev–Trinajstić information content (AvgIpc) is 2.87. The first-order valence-corrected chi connectivity index (χ1v) is 10.4. The Morgan fingerprint density at radius 3 is 2.50 bits per heavy atom. The quantitative estimate of drug-likeness (QED) is 0.317. The third-order valence-electron chi connectivity index (χ3n) is 4.66. The molecule has 184 valence electrons. The van der Waals surface area contributed by atoms with Crippen LogP contribution in [0, 0.1) is 11.6 Å². The van der Waals surface area contributed by atoms with Crippen molar-refractivity contribution in [2.75, 3.05) is 10.2 Å². The number of halogens is 2. The lowest BCUT2D eigenvalue weighted by Gasteiger charge is -2.15. The van der Waals surface area contributed by atoms with E-state index in [1.165, 1.54) is 49.7 Å². The van der Waals surface area contributed by atoms with Gasteiger partial charge in [0.15, 0.2) is 17.3 Å². The predicted octanol–water partition coefficient (Wildman–Crippen LogP) is 4.30. The fourth-order valence-electron chi connectivity index (χ4n) is 2.85. The van der Waals surface area contributed by atoms with Gasteiger partial charge in [0, 0.05) is 29.7 Å². The summed E-state index contributed by atoms with van der Waals surface area (Å²) in [5.74, 6) is -1.71. The van der Waals surface area contributed by atoms with Crippen LogP contribution in [0.4, 0.5) is 25.0 Å². The monoisotopic (exact) mass is 493 g/mol. The lowest BCUT2D eigenvalue weighted by atomic mass is 10.2. The van der Waals surface area contributed by atoms with Crippen LogP contribution in [0.25, 0.3) is 6.08 Å². The molecule has 2 aromatic carbocycles. The molecule has 0 aliphatic carbocycles. The Labute approximate surface area is 204 Å². The molecule has 36 heavy (non-hydrogen) atoms. The second-order valence-corrected chi connectivity index (χ2v) is 7.18. The minimum absolute atomic E-state index is 0.0580. The number of carbonyl (C=O) groups excluding carboxylic acids is 3. The van der Waals surface area contributed by atoms with Gasteiger partial charge in [-0.1, -0.05) is 0 Å². The fourth-order valence-corrected chi connectivity index (χ4v) is 2.85. The summed E-state index contributed by atoms with van der Waals surface area (Å²) in [6, 6.07) is 10.9. The maximum atomic E-state index is 14.6. The van der Waals surface area contributed by atoms with Crippen LogP contribution in [0.1, 0.15) is 12.6 Å². The molecule has 0 atom stereocenters. The third kappa shape index (κ3) is 6.50. The molecule has 1 aromatic heterocycles. The zero-order valence-electron chi connectivity index (χ0n) is 18.9. The molecule has 4 N–H and O–H groups in total. The molecule has 0 unspecified atom stereocenters. The van der Waals surface area contributed by atoms with Gasteiger partial charge in [0.05, 0.1) is 5.69 Å². The van der Waals surface area contributed by atoms with E-state index in [0.29, 0.717) is 10.6 Å². The van der Waals surface area contributed by atoms with Crippen LogP contribution in [0.3, 0.4) is 0 Å². The van der Waals surface area contributed by atoms with E-state index in [2.05, 4.69) is 15.6 Å². The van der Waals surface area contributed by atoms with Crippen LogP contribution in [0.2, 0.25) is 0 Å². The Balaban J connectivity index is 1.64. The number of hydrogen-bond donors (Lipinski definition) is 3. The van der Waals surface area contributed by atoms with E-state index in [0.717, 1.165) is 24.4 Å². The fraction of sp³-hybridized carbons (Fsp3) is 0.0400. The maximum Gasteiger partial charge on any atom is 0.332 e. The number of nitrogens with one attached hydrogen (secondary N) is 2. The molecule has 4 amide bonds. The second-order valence-electron chi connectivity index (χ2n) is 7.18. The van der Waals surface area contributed by atoms with Crippen LogP contribution >= 0.6 is 0 Å². The molecule has 0 aliphatic rings. The van der Waals surface area contributed by atoms with E-state index in [4.69, 9.17) is 10.5 Å². The molecule has 9 nitrogen and oxygen atoms in total. The third-order valence-corrected chi connectivity index (χ3v) is 4.66. The van der Waals surface area contributed by atoms with Crippen molar-refractivity contribution in [3.63, 3.8) is 0 Å². The smallest absolute Gasteiger partial charge is 0.332 e. The van der Waals surface area contributed by atoms with Crippen molar-refractivity contribution in [2.45, 2.75) is 6.92 Å². The van der Waals surface area contributed by atoms with E-state index in [-0.39, 0.29) is 34.9 Å².